The lowest BCUT2D eigenvalue weighted by atomic mass is 10.3. The van der Waals surface area contributed by atoms with Gasteiger partial charge < -0.3 is 21.3 Å². The van der Waals surface area contributed by atoms with E-state index < -0.39 is 24.0 Å². The summed E-state index contributed by atoms with van der Waals surface area (Å²) in [6.45, 7) is 1.09. The quantitative estimate of drug-likeness (QED) is 0.439. The summed E-state index contributed by atoms with van der Waals surface area (Å²) in [6, 6.07) is -1.95. The van der Waals surface area contributed by atoms with Crippen molar-refractivity contribution in [3.8, 4) is 0 Å². The first-order chi connectivity index (χ1) is 5.45. The highest BCUT2D eigenvalue weighted by atomic mass is 16.5. The molecule has 12 heavy (non-hydrogen) atoms. The lowest BCUT2D eigenvalue weighted by Gasteiger charge is -2.09. The van der Waals surface area contributed by atoms with Crippen LogP contribution in [0.1, 0.15) is 6.92 Å². The molecular formula is C6H12N2O4. The van der Waals surface area contributed by atoms with Gasteiger partial charge in [0.2, 0.25) is 0 Å². The third kappa shape index (κ3) is 3.89. The molecule has 0 saturated heterocycles. The van der Waals surface area contributed by atoms with E-state index in [9.17, 15) is 9.59 Å². The molecule has 0 aromatic rings. The number of carboxylic acids is 1. The van der Waals surface area contributed by atoms with Crippen LogP contribution in [0.15, 0.2) is 0 Å². The van der Waals surface area contributed by atoms with E-state index in [1.54, 1.807) is 0 Å². The first-order valence-electron chi connectivity index (χ1n) is 3.35. The Morgan fingerprint density at radius 1 is 1.50 bits per heavy atom. The highest BCUT2D eigenvalue weighted by molar-refractivity contribution is 5.76. The van der Waals surface area contributed by atoms with Crippen LogP contribution in [0.25, 0.3) is 0 Å². The van der Waals surface area contributed by atoms with Gasteiger partial charge >= 0.3 is 11.9 Å². The third-order valence-electron chi connectivity index (χ3n) is 1.09. The predicted molar refractivity (Wildman–Crippen MR) is 40.2 cm³/mol. The summed E-state index contributed by atoms with van der Waals surface area (Å²) in [7, 11) is 0. The van der Waals surface area contributed by atoms with E-state index in [1.165, 1.54) is 6.92 Å². The monoisotopic (exact) mass is 176 g/mol. The number of nitrogens with two attached hydrogens (primary N) is 2. The van der Waals surface area contributed by atoms with Gasteiger partial charge in [0.25, 0.3) is 0 Å². The SMILES string of the molecule is C[C@H](N)C(=O)OC[C@H](N)C(=O)O. The van der Waals surface area contributed by atoms with Crippen molar-refractivity contribution in [2.24, 2.45) is 11.5 Å². The maximum absolute atomic E-state index is 10.7. The van der Waals surface area contributed by atoms with Crippen molar-refractivity contribution in [1.82, 2.24) is 0 Å². The molecule has 0 bridgehead atoms. The largest absolute Gasteiger partial charge is 0.480 e. The Morgan fingerprint density at radius 3 is 2.33 bits per heavy atom. The topological polar surface area (TPSA) is 116 Å². The Labute approximate surface area is 69.5 Å². The van der Waals surface area contributed by atoms with E-state index in [0.717, 1.165) is 0 Å². The Hall–Kier alpha value is -1.14. The van der Waals surface area contributed by atoms with Gasteiger partial charge in [-0.2, -0.15) is 0 Å². The summed E-state index contributed by atoms with van der Waals surface area (Å²) in [6.07, 6.45) is 0. The summed E-state index contributed by atoms with van der Waals surface area (Å²) in [4.78, 5) is 20.8. The molecule has 0 aromatic carbocycles. The van der Waals surface area contributed by atoms with Crippen molar-refractivity contribution < 1.29 is 19.4 Å². The number of ether oxygens (including phenoxy) is 1. The summed E-state index contributed by atoms with van der Waals surface area (Å²) in [5, 5.41) is 8.29. The zero-order valence-electron chi connectivity index (χ0n) is 6.69. The molecule has 0 aliphatic heterocycles. The summed E-state index contributed by atoms with van der Waals surface area (Å²) in [5.74, 6) is -1.88. The molecule has 70 valence electrons. The molecule has 0 aliphatic rings. The zero-order valence-corrected chi connectivity index (χ0v) is 6.69. The van der Waals surface area contributed by atoms with Crippen LogP contribution in [-0.2, 0) is 14.3 Å². The van der Waals surface area contributed by atoms with Crippen LogP contribution in [0.2, 0.25) is 0 Å². The fourth-order valence-electron chi connectivity index (χ4n) is 0.375. The molecule has 2 atom stereocenters. The Morgan fingerprint density at radius 2 is 2.00 bits per heavy atom. The van der Waals surface area contributed by atoms with Gasteiger partial charge in [0.1, 0.15) is 18.7 Å². The number of rotatable bonds is 4. The molecule has 6 heteroatoms. The van der Waals surface area contributed by atoms with Crippen molar-refractivity contribution >= 4 is 11.9 Å². The van der Waals surface area contributed by atoms with Gasteiger partial charge in [-0.15, -0.1) is 0 Å². The van der Waals surface area contributed by atoms with Crippen molar-refractivity contribution in [1.29, 1.82) is 0 Å². The molecule has 0 unspecified atom stereocenters. The lowest BCUT2D eigenvalue weighted by Crippen LogP contribution is -2.38. The number of carboxylic acid groups (broad SMARTS) is 1. The van der Waals surface area contributed by atoms with E-state index in [-0.39, 0.29) is 6.61 Å². The highest BCUT2D eigenvalue weighted by Crippen LogP contribution is 1.86. The maximum atomic E-state index is 10.7. The average Bonchev–Trinajstić information content (AvgIpc) is 1.98. The first kappa shape index (κ1) is 10.9. The summed E-state index contributed by atoms with van der Waals surface area (Å²) < 4.78 is 4.46. The number of esters is 1. The van der Waals surface area contributed by atoms with Crippen LogP contribution < -0.4 is 11.5 Å². The zero-order chi connectivity index (χ0) is 9.72. The highest BCUT2D eigenvalue weighted by Gasteiger charge is 2.15. The van der Waals surface area contributed by atoms with Crippen LogP contribution >= 0.6 is 0 Å². The number of aliphatic carboxylic acids is 1. The second-order valence-electron chi connectivity index (χ2n) is 2.36. The molecule has 6 nitrogen and oxygen atoms in total. The smallest absolute Gasteiger partial charge is 0.324 e. The van der Waals surface area contributed by atoms with E-state index in [1.807, 2.05) is 0 Å². The van der Waals surface area contributed by atoms with Crippen LogP contribution in [0, 0.1) is 0 Å². The molecule has 0 fully saturated rings. The second-order valence-corrected chi connectivity index (χ2v) is 2.36. The predicted octanol–water partition coefficient (Wildman–Crippen LogP) is -1.71. The average molecular weight is 176 g/mol. The standard InChI is InChI=1S/C6H12N2O4/c1-3(7)6(11)12-2-4(8)5(9)10/h3-4H,2,7-8H2,1H3,(H,9,10)/t3-,4-/m0/s1. The first-order valence-corrected chi connectivity index (χ1v) is 3.35. The van der Waals surface area contributed by atoms with Gasteiger partial charge in [-0.05, 0) is 6.92 Å². The van der Waals surface area contributed by atoms with E-state index in [0.29, 0.717) is 0 Å². The molecule has 0 rings (SSSR count). The molecule has 0 spiro atoms. The van der Waals surface area contributed by atoms with Crippen LogP contribution in [0.3, 0.4) is 0 Å². The van der Waals surface area contributed by atoms with Crippen molar-refractivity contribution in [2.45, 2.75) is 19.0 Å². The summed E-state index contributed by atoms with van der Waals surface area (Å²) in [5.41, 5.74) is 10.2. The number of carbonyl (C=O) groups is 2. The Bertz CT molecular complexity index is 180. The summed E-state index contributed by atoms with van der Waals surface area (Å²) >= 11 is 0. The molecule has 0 amide bonds. The molecule has 0 radical (unpaired) electrons. The number of hydrogen-bond donors (Lipinski definition) is 3. The fourth-order valence-corrected chi connectivity index (χ4v) is 0.375. The molecule has 0 heterocycles. The molecule has 0 aromatic heterocycles. The van der Waals surface area contributed by atoms with Crippen LogP contribution in [0.4, 0.5) is 0 Å². The lowest BCUT2D eigenvalue weighted by molar-refractivity contribution is -0.148. The van der Waals surface area contributed by atoms with Crippen molar-refractivity contribution in [3.63, 3.8) is 0 Å². The molecular weight excluding hydrogens is 164 g/mol. The minimum atomic E-state index is -1.22. The molecule has 5 N–H and O–H groups in total. The van der Waals surface area contributed by atoms with Crippen molar-refractivity contribution in [2.75, 3.05) is 6.61 Å². The van der Waals surface area contributed by atoms with Crippen LogP contribution in [-0.4, -0.2) is 35.7 Å². The number of carbonyl (C=O) groups excluding carboxylic acids is 1. The Kier molecular flexibility index (Phi) is 4.24. The van der Waals surface area contributed by atoms with E-state index in [2.05, 4.69) is 4.74 Å². The molecule has 0 saturated carbocycles. The number of hydrogen-bond acceptors (Lipinski definition) is 5. The molecule has 0 aliphatic carbocycles. The third-order valence-corrected chi connectivity index (χ3v) is 1.09. The second kappa shape index (κ2) is 4.68. The normalized spacial score (nSPS) is 14.9. The van der Waals surface area contributed by atoms with Gasteiger partial charge in [0, 0.05) is 0 Å². The van der Waals surface area contributed by atoms with Gasteiger partial charge in [-0.3, -0.25) is 9.59 Å². The van der Waals surface area contributed by atoms with Gasteiger partial charge in [0.15, 0.2) is 0 Å². The fraction of sp³-hybridized carbons (Fsp3) is 0.667. The minimum Gasteiger partial charge on any atom is -0.480 e. The minimum absolute atomic E-state index is 0.351. The van der Waals surface area contributed by atoms with E-state index in [4.69, 9.17) is 16.6 Å². The van der Waals surface area contributed by atoms with Crippen molar-refractivity contribution in [3.05, 3.63) is 0 Å². The maximum Gasteiger partial charge on any atom is 0.324 e. The van der Waals surface area contributed by atoms with Gasteiger partial charge in [0.05, 0.1) is 0 Å². The van der Waals surface area contributed by atoms with E-state index >= 15 is 0 Å². The Balaban J connectivity index is 3.69. The van der Waals surface area contributed by atoms with Gasteiger partial charge in [-0.1, -0.05) is 0 Å². The van der Waals surface area contributed by atoms with Gasteiger partial charge in [-0.25, -0.2) is 0 Å². The van der Waals surface area contributed by atoms with Crippen LogP contribution in [0.5, 0.6) is 0 Å².